The highest BCUT2D eigenvalue weighted by atomic mass is 32.1. The minimum atomic E-state index is 0.325. The second-order valence-electron chi connectivity index (χ2n) is 4.81. The minimum absolute atomic E-state index is 0.325. The highest BCUT2D eigenvalue weighted by molar-refractivity contribution is 7.10. The van der Waals surface area contributed by atoms with Gasteiger partial charge in [0.1, 0.15) is 10.7 Å². The third-order valence-corrected chi connectivity index (χ3v) is 4.52. The standard InChI is InChI=1S/C11H17N5OS/c1-12-11-9(13-14-18-11)7-15-4-5-16-8(6-15)2-3-10(16)17/h8,12H,2-7H2,1H3. The van der Waals surface area contributed by atoms with Crippen molar-refractivity contribution in [3.8, 4) is 0 Å². The van der Waals surface area contributed by atoms with Gasteiger partial charge in [0, 0.05) is 57.2 Å². The number of nitrogens with one attached hydrogen (secondary N) is 1. The van der Waals surface area contributed by atoms with Crippen molar-refractivity contribution in [1.29, 1.82) is 0 Å². The second-order valence-corrected chi connectivity index (χ2v) is 5.57. The number of aromatic nitrogens is 2. The van der Waals surface area contributed by atoms with Crippen LogP contribution < -0.4 is 5.32 Å². The Kier molecular flexibility index (Phi) is 3.17. The van der Waals surface area contributed by atoms with Gasteiger partial charge in [-0.3, -0.25) is 9.69 Å². The van der Waals surface area contributed by atoms with E-state index >= 15 is 0 Å². The van der Waals surface area contributed by atoms with E-state index in [-0.39, 0.29) is 0 Å². The van der Waals surface area contributed by atoms with Crippen molar-refractivity contribution in [2.24, 2.45) is 0 Å². The lowest BCUT2D eigenvalue weighted by atomic mass is 10.1. The predicted octanol–water partition coefficient (Wildman–Crippen LogP) is 0.386. The highest BCUT2D eigenvalue weighted by Gasteiger charge is 2.35. The molecule has 0 spiro atoms. The third kappa shape index (κ3) is 2.08. The van der Waals surface area contributed by atoms with Gasteiger partial charge in [0.2, 0.25) is 5.91 Å². The van der Waals surface area contributed by atoms with Crippen LogP contribution in [-0.2, 0) is 11.3 Å². The summed E-state index contributed by atoms with van der Waals surface area (Å²) in [5, 5.41) is 8.33. The van der Waals surface area contributed by atoms with Gasteiger partial charge in [-0.15, -0.1) is 5.10 Å². The molecule has 1 N–H and O–H groups in total. The van der Waals surface area contributed by atoms with Crippen molar-refractivity contribution in [2.45, 2.75) is 25.4 Å². The van der Waals surface area contributed by atoms with Crippen molar-refractivity contribution in [3.63, 3.8) is 0 Å². The van der Waals surface area contributed by atoms with Crippen molar-refractivity contribution < 1.29 is 4.79 Å². The summed E-state index contributed by atoms with van der Waals surface area (Å²) in [6, 6.07) is 0.413. The molecule has 2 aliphatic rings. The van der Waals surface area contributed by atoms with Gasteiger partial charge < -0.3 is 10.2 Å². The Morgan fingerprint density at radius 1 is 1.50 bits per heavy atom. The van der Waals surface area contributed by atoms with Crippen molar-refractivity contribution >= 4 is 22.4 Å². The van der Waals surface area contributed by atoms with Gasteiger partial charge >= 0.3 is 0 Å². The molecule has 0 saturated carbocycles. The Bertz CT molecular complexity index is 448. The average molecular weight is 267 g/mol. The SMILES string of the molecule is CNc1snnc1CN1CCN2C(=O)CCC2C1. The van der Waals surface area contributed by atoms with Crippen LogP contribution in [0.2, 0.25) is 0 Å². The molecule has 1 unspecified atom stereocenters. The highest BCUT2D eigenvalue weighted by Crippen LogP contribution is 2.25. The molecule has 7 heteroatoms. The van der Waals surface area contributed by atoms with Crippen LogP contribution in [-0.4, -0.2) is 58.0 Å². The summed E-state index contributed by atoms with van der Waals surface area (Å²) in [7, 11) is 1.90. The molecule has 2 saturated heterocycles. The van der Waals surface area contributed by atoms with Crippen LogP contribution in [0, 0.1) is 0 Å². The largest absolute Gasteiger partial charge is 0.377 e. The number of rotatable bonds is 3. The van der Waals surface area contributed by atoms with Crippen LogP contribution in [0.1, 0.15) is 18.5 Å². The van der Waals surface area contributed by atoms with E-state index in [0.29, 0.717) is 11.9 Å². The third-order valence-electron chi connectivity index (χ3n) is 3.73. The number of anilines is 1. The molecule has 0 aliphatic carbocycles. The van der Waals surface area contributed by atoms with Gasteiger partial charge in [0.25, 0.3) is 0 Å². The molecule has 0 aromatic carbocycles. The monoisotopic (exact) mass is 267 g/mol. The summed E-state index contributed by atoms with van der Waals surface area (Å²) in [4.78, 5) is 16.0. The number of nitrogens with zero attached hydrogens (tertiary/aromatic N) is 4. The van der Waals surface area contributed by atoms with E-state index in [1.807, 2.05) is 11.9 Å². The van der Waals surface area contributed by atoms with Crippen LogP contribution in [0.3, 0.4) is 0 Å². The molecule has 98 valence electrons. The number of carbonyl (C=O) groups is 1. The lowest BCUT2D eigenvalue weighted by Crippen LogP contribution is -2.51. The van der Waals surface area contributed by atoms with Crippen molar-refractivity contribution in [1.82, 2.24) is 19.4 Å². The molecule has 2 fully saturated rings. The zero-order valence-electron chi connectivity index (χ0n) is 10.4. The maximum absolute atomic E-state index is 11.6. The van der Waals surface area contributed by atoms with E-state index in [0.717, 1.165) is 49.7 Å². The Morgan fingerprint density at radius 2 is 2.39 bits per heavy atom. The summed E-state index contributed by atoms with van der Waals surface area (Å²) >= 11 is 1.39. The van der Waals surface area contributed by atoms with Crippen LogP contribution in [0.25, 0.3) is 0 Å². The van der Waals surface area contributed by atoms with E-state index in [1.54, 1.807) is 0 Å². The molecule has 1 amide bonds. The van der Waals surface area contributed by atoms with Gasteiger partial charge in [-0.25, -0.2) is 0 Å². The number of carbonyl (C=O) groups excluding carboxylic acids is 1. The maximum atomic E-state index is 11.6. The van der Waals surface area contributed by atoms with Gasteiger partial charge in [-0.05, 0) is 6.42 Å². The topological polar surface area (TPSA) is 61.4 Å². The molecule has 3 heterocycles. The van der Waals surface area contributed by atoms with E-state index in [1.165, 1.54) is 11.5 Å². The Labute approximate surface area is 110 Å². The Hall–Kier alpha value is -1.21. The first kappa shape index (κ1) is 11.9. The number of hydrogen-bond acceptors (Lipinski definition) is 6. The number of piperazine rings is 1. The fourth-order valence-corrected chi connectivity index (χ4v) is 3.31. The summed E-state index contributed by atoms with van der Waals surface area (Å²) in [6.45, 7) is 3.58. The zero-order valence-corrected chi connectivity index (χ0v) is 11.2. The number of fused-ring (bicyclic) bond motifs is 1. The lowest BCUT2D eigenvalue weighted by molar-refractivity contribution is -0.130. The Balaban J connectivity index is 1.64. The zero-order chi connectivity index (χ0) is 12.5. The second kappa shape index (κ2) is 4.81. The van der Waals surface area contributed by atoms with Crippen LogP contribution in [0.5, 0.6) is 0 Å². The summed E-state index contributed by atoms with van der Waals surface area (Å²) in [5.74, 6) is 0.325. The van der Waals surface area contributed by atoms with E-state index in [9.17, 15) is 4.79 Å². The molecule has 0 bridgehead atoms. The fraction of sp³-hybridized carbons (Fsp3) is 0.727. The minimum Gasteiger partial charge on any atom is -0.377 e. The van der Waals surface area contributed by atoms with Crippen LogP contribution in [0.15, 0.2) is 0 Å². The first-order valence-corrected chi connectivity index (χ1v) is 7.06. The van der Waals surface area contributed by atoms with Crippen molar-refractivity contribution in [3.05, 3.63) is 5.69 Å². The van der Waals surface area contributed by atoms with Crippen LogP contribution >= 0.6 is 11.5 Å². The molecule has 1 aromatic rings. The number of hydrogen-bond donors (Lipinski definition) is 1. The summed E-state index contributed by atoms with van der Waals surface area (Å²) < 4.78 is 3.97. The molecule has 6 nitrogen and oxygen atoms in total. The smallest absolute Gasteiger partial charge is 0.222 e. The van der Waals surface area contributed by atoms with Gasteiger partial charge in [-0.2, -0.15) is 0 Å². The first-order chi connectivity index (χ1) is 8.78. The normalized spacial score (nSPS) is 24.4. The van der Waals surface area contributed by atoms with E-state index < -0.39 is 0 Å². The van der Waals surface area contributed by atoms with Crippen LogP contribution in [0.4, 0.5) is 5.00 Å². The molecule has 3 rings (SSSR count). The van der Waals surface area contributed by atoms with E-state index in [2.05, 4.69) is 19.8 Å². The molecule has 1 aromatic heterocycles. The van der Waals surface area contributed by atoms with Gasteiger partial charge in [0.05, 0.1) is 0 Å². The Morgan fingerprint density at radius 3 is 3.22 bits per heavy atom. The summed E-state index contributed by atoms with van der Waals surface area (Å²) in [5.41, 5.74) is 1.01. The quantitative estimate of drug-likeness (QED) is 0.858. The average Bonchev–Trinajstić information content (AvgIpc) is 2.97. The maximum Gasteiger partial charge on any atom is 0.222 e. The lowest BCUT2D eigenvalue weighted by Gasteiger charge is -2.37. The first-order valence-electron chi connectivity index (χ1n) is 6.28. The molecular formula is C11H17N5OS. The molecule has 0 radical (unpaired) electrons. The van der Waals surface area contributed by atoms with Gasteiger partial charge in [0.15, 0.2) is 0 Å². The predicted molar refractivity (Wildman–Crippen MR) is 69.5 cm³/mol. The molecule has 1 atom stereocenters. The molecule has 18 heavy (non-hydrogen) atoms. The van der Waals surface area contributed by atoms with Gasteiger partial charge in [-0.1, -0.05) is 4.49 Å². The van der Waals surface area contributed by atoms with Crippen molar-refractivity contribution in [2.75, 3.05) is 32.0 Å². The molecular weight excluding hydrogens is 250 g/mol. The summed E-state index contributed by atoms with van der Waals surface area (Å²) in [6.07, 6.45) is 1.72. The number of amides is 1. The molecule has 2 aliphatic heterocycles. The fourth-order valence-electron chi connectivity index (χ4n) is 2.79. The van der Waals surface area contributed by atoms with E-state index in [4.69, 9.17) is 0 Å².